The van der Waals surface area contributed by atoms with Crippen molar-refractivity contribution >= 4 is 17.3 Å². The number of halogens is 1. The smallest absolute Gasteiger partial charge is 0.114 e. The lowest BCUT2D eigenvalue weighted by Gasteiger charge is -2.00. The number of anilines is 1. The maximum atomic E-state index is 6.01. The van der Waals surface area contributed by atoms with E-state index < -0.39 is 0 Å². The zero-order chi connectivity index (χ0) is 10.1. The maximum absolute atomic E-state index is 6.01. The summed E-state index contributed by atoms with van der Waals surface area (Å²) in [6, 6.07) is 5.29. The minimum atomic E-state index is 0.625. The van der Waals surface area contributed by atoms with Gasteiger partial charge in [0.15, 0.2) is 0 Å². The summed E-state index contributed by atoms with van der Waals surface area (Å²) < 4.78 is 0. The van der Waals surface area contributed by atoms with E-state index in [1.807, 2.05) is 0 Å². The zero-order valence-electron chi connectivity index (χ0n) is 7.61. The highest BCUT2D eigenvalue weighted by atomic mass is 35.5. The maximum Gasteiger partial charge on any atom is 0.114 e. The third kappa shape index (κ3) is 1.56. The number of nitrogens with two attached hydrogens (primary N) is 1. The normalized spacial score (nSPS) is 10.4. The lowest BCUT2D eigenvalue weighted by Crippen LogP contribution is -1.92. The molecule has 0 saturated heterocycles. The Morgan fingerprint density at radius 3 is 2.86 bits per heavy atom. The van der Waals surface area contributed by atoms with Gasteiger partial charge >= 0.3 is 0 Å². The van der Waals surface area contributed by atoms with Crippen LogP contribution in [-0.4, -0.2) is 15.0 Å². The number of hydrogen-bond acceptors (Lipinski definition) is 3. The monoisotopic (exact) mass is 208 g/mol. The van der Waals surface area contributed by atoms with Crippen LogP contribution in [0.4, 0.5) is 5.69 Å². The first-order valence-electron chi connectivity index (χ1n) is 4.08. The Morgan fingerprint density at radius 1 is 1.43 bits per heavy atom. The average Bonchev–Trinajstić information content (AvgIpc) is 2.56. The van der Waals surface area contributed by atoms with Gasteiger partial charge in [0, 0.05) is 18.3 Å². The topological polar surface area (TPSA) is 56.7 Å². The molecule has 0 fully saturated rings. The third-order valence-corrected chi connectivity index (χ3v) is 2.20. The molecule has 0 aliphatic rings. The summed E-state index contributed by atoms with van der Waals surface area (Å²) in [7, 11) is 1.75. The lowest BCUT2D eigenvalue weighted by molar-refractivity contribution is 0.655. The van der Waals surface area contributed by atoms with Gasteiger partial charge in [-0.15, -0.1) is 0 Å². The fraction of sp³-hybridized carbons (Fsp3) is 0.111. The van der Waals surface area contributed by atoms with Crippen LogP contribution in [0, 0.1) is 0 Å². The van der Waals surface area contributed by atoms with Crippen LogP contribution in [0.1, 0.15) is 0 Å². The van der Waals surface area contributed by atoms with E-state index in [2.05, 4.69) is 10.2 Å². The van der Waals surface area contributed by atoms with Crippen molar-refractivity contribution in [1.82, 2.24) is 15.0 Å². The van der Waals surface area contributed by atoms with Gasteiger partial charge < -0.3 is 5.73 Å². The van der Waals surface area contributed by atoms with Crippen LogP contribution >= 0.6 is 11.6 Å². The van der Waals surface area contributed by atoms with Crippen LogP contribution in [0.5, 0.6) is 0 Å². The molecule has 0 atom stereocenters. The molecule has 2 rings (SSSR count). The van der Waals surface area contributed by atoms with Crippen molar-refractivity contribution in [2.75, 3.05) is 5.73 Å². The highest BCUT2D eigenvalue weighted by molar-refractivity contribution is 6.33. The molecule has 0 saturated carbocycles. The molecule has 0 bridgehead atoms. The summed E-state index contributed by atoms with van der Waals surface area (Å²) in [4.78, 5) is 1.48. The first-order valence-corrected chi connectivity index (χ1v) is 4.46. The van der Waals surface area contributed by atoms with Crippen molar-refractivity contribution in [3.63, 3.8) is 0 Å². The highest BCUT2D eigenvalue weighted by Gasteiger charge is 2.06. The standard InChI is InChI=1S/C9H9ClN4/c1-14-12-5-9(13-14)7-4-6(11)2-3-8(7)10/h2-5H,11H2,1H3. The number of rotatable bonds is 1. The van der Waals surface area contributed by atoms with Crippen LogP contribution in [-0.2, 0) is 7.05 Å². The van der Waals surface area contributed by atoms with Crippen LogP contribution < -0.4 is 5.73 Å². The lowest BCUT2D eigenvalue weighted by atomic mass is 10.1. The van der Waals surface area contributed by atoms with E-state index >= 15 is 0 Å². The number of nitrogens with zero attached hydrogens (tertiary/aromatic N) is 3. The zero-order valence-corrected chi connectivity index (χ0v) is 8.36. The first kappa shape index (κ1) is 9.02. The first-order chi connectivity index (χ1) is 6.66. The van der Waals surface area contributed by atoms with Crippen LogP contribution in [0.25, 0.3) is 11.3 Å². The van der Waals surface area contributed by atoms with Crippen molar-refractivity contribution in [1.29, 1.82) is 0 Å². The second kappa shape index (κ2) is 3.31. The number of aryl methyl sites for hydroxylation is 1. The van der Waals surface area contributed by atoms with Crippen LogP contribution in [0.3, 0.4) is 0 Å². The molecule has 2 aromatic rings. The van der Waals surface area contributed by atoms with E-state index in [-0.39, 0.29) is 0 Å². The Morgan fingerprint density at radius 2 is 2.21 bits per heavy atom. The fourth-order valence-corrected chi connectivity index (χ4v) is 1.42. The largest absolute Gasteiger partial charge is 0.399 e. The van der Waals surface area contributed by atoms with Gasteiger partial charge in [-0.3, -0.25) is 0 Å². The molecule has 0 radical (unpaired) electrons. The molecule has 0 amide bonds. The number of aromatic nitrogens is 3. The van der Waals surface area contributed by atoms with Gasteiger partial charge in [-0.25, -0.2) is 0 Å². The number of hydrogen-bond donors (Lipinski definition) is 1. The molecule has 72 valence electrons. The summed E-state index contributed by atoms with van der Waals surface area (Å²) in [5.74, 6) is 0. The van der Waals surface area contributed by atoms with Gasteiger partial charge in [-0.1, -0.05) is 11.6 Å². The summed E-state index contributed by atoms with van der Waals surface area (Å²) in [5, 5.41) is 8.74. The van der Waals surface area contributed by atoms with Gasteiger partial charge in [0.05, 0.1) is 11.2 Å². The van der Waals surface area contributed by atoms with Crippen molar-refractivity contribution in [2.45, 2.75) is 0 Å². The quantitative estimate of drug-likeness (QED) is 0.726. The molecule has 0 aliphatic heterocycles. The van der Waals surface area contributed by atoms with Gasteiger partial charge in [-0.05, 0) is 18.2 Å². The molecular formula is C9H9ClN4. The Labute approximate surface area is 86.3 Å². The fourth-order valence-electron chi connectivity index (χ4n) is 1.21. The van der Waals surface area contributed by atoms with Gasteiger partial charge in [0.2, 0.25) is 0 Å². The molecule has 4 nitrogen and oxygen atoms in total. The summed E-state index contributed by atoms with van der Waals surface area (Å²) in [6.07, 6.45) is 1.65. The summed E-state index contributed by atoms with van der Waals surface area (Å²) in [6.45, 7) is 0. The molecule has 14 heavy (non-hydrogen) atoms. The molecule has 1 heterocycles. The predicted octanol–water partition coefficient (Wildman–Crippen LogP) is 1.72. The SMILES string of the molecule is Cn1ncc(-c2cc(N)ccc2Cl)n1. The highest BCUT2D eigenvalue weighted by Crippen LogP contribution is 2.27. The van der Waals surface area contributed by atoms with E-state index in [0.717, 1.165) is 11.3 Å². The van der Waals surface area contributed by atoms with Crippen molar-refractivity contribution < 1.29 is 0 Å². The van der Waals surface area contributed by atoms with E-state index in [9.17, 15) is 0 Å². The number of nitrogen functional groups attached to an aromatic ring is 1. The molecule has 0 unspecified atom stereocenters. The van der Waals surface area contributed by atoms with Gasteiger partial charge in [0.1, 0.15) is 5.69 Å². The Hall–Kier alpha value is -1.55. The molecule has 0 spiro atoms. The second-order valence-electron chi connectivity index (χ2n) is 2.96. The predicted molar refractivity (Wildman–Crippen MR) is 55.9 cm³/mol. The second-order valence-corrected chi connectivity index (χ2v) is 3.37. The summed E-state index contributed by atoms with van der Waals surface area (Å²) in [5.41, 5.74) is 7.85. The van der Waals surface area contributed by atoms with Gasteiger partial charge in [0.25, 0.3) is 0 Å². The minimum Gasteiger partial charge on any atom is -0.399 e. The average molecular weight is 209 g/mol. The van der Waals surface area contributed by atoms with E-state index in [4.69, 9.17) is 17.3 Å². The molecule has 0 aliphatic carbocycles. The van der Waals surface area contributed by atoms with E-state index in [0.29, 0.717) is 10.7 Å². The van der Waals surface area contributed by atoms with Crippen molar-refractivity contribution in [3.05, 3.63) is 29.4 Å². The molecule has 2 N–H and O–H groups in total. The van der Waals surface area contributed by atoms with Crippen LogP contribution in [0.15, 0.2) is 24.4 Å². The molecular weight excluding hydrogens is 200 g/mol. The minimum absolute atomic E-state index is 0.625. The number of benzene rings is 1. The van der Waals surface area contributed by atoms with Gasteiger partial charge in [-0.2, -0.15) is 15.0 Å². The third-order valence-electron chi connectivity index (χ3n) is 1.87. The Bertz CT molecular complexity index is 464. The molecule has 1 aromatic carbocycles. The van der Waals surface area contributed by atoms with Crippen molar-refractivity contribution in [2.24, 2.45) is 7.05 Å². The van der Waals surface area contributed by atoms with E-state index in [1.165, 1.54) is 4.80 Å². The Balaban J connectivity index is 2.55. The van der Waals surface area contributed by atoms with Crippen molar-refractivity contribution in [3.8, 4) is 11.3 Å². The summed E-state index contributed by atoms with van der Waals surface area (Å²) >= 11 is 6.01. The molecule has 5 heteroatoms. The Kier molecular flexibility index (Phi) is 2.13. The van der Waals surface area contributed by atoms with Crippen LogP contribution in [0.2, 0.25) is 5.02 Å². The van der Waals surface area contributed by atoms with E-state index in [1.54, 1.807) is 31.4 Å². The molecule has 1 aromatic heterocycles.